The Kier molecular flexibility index (Phi) is 5.89. The van der Waals surface area contributed by atoms with E-state index in [1.807, 2.05) is 6.92 Å². The van der Waals surface area contributed by atoms with E-state index in [2.05, 4.69) is 0 Å². The summed E-state index contributed by atoms with van der Waals surface area (Å²) in [7, 11) is 0. The van der Waals surface area contributed by atoms with Crippen molar-refractivity contribution in [1.29, 1.82) is 0 Å². The molecule has 1 unspecified atom stereocenters. The predicted octanol–water partition coefficient (Wildman–Crippen LogP) is 1.39. The number of carbonyl (C=O) groups is 3. The van der Waals surface area contributed by atoms with Gasteiger partial charge in [-0.3, -0.25) is 9.59 Å². The van der Waals surface area contributed by atoms with Crippen LogP contribution < -0.4 is 0 Å². The number of rotatable bonds is 7. The number of ketones is 1. The van der Waals surface area contributed by atoms with E-state index in [0.29, 0.717) is 12.7 Å². The standard InChI is InChI=1S/C14H16O5/c1-2-3-8-19-14(18)13(17)12(16)11-7-5-4-6-10(11)9-15/h4-7,9,13,17H,2-3,8H2,1H3. The first-order valence-corrected chi connectivity index (χ1v) is 6.05. The number of ether oxygens (including phenoxy) is 1. The van der Waals surface area contributed by atoms with Gasteiger partial charge in [0, 0.05) is 11.1 Å². The fourth-order valence-corrected chi connectivity index (χ4v) is 1.47. The van der Waals surface area contributed by atoms with Gasteiger partial charge in [0.05, 0.1) is 6.61 Å². The van der Waals surface area contributed by atoms with Gasteiger partial charge in [-0.15, -0.1) is 0 Å². The Bertz CT molecular complexity index is 467. The second-order valence-corrected chi connectivity index (χ2v) is 3.99. The maximum atomic E-state index is 11.9. The third kappa shape index (κ3) is 3.99. The second kappa shape index (κ2) is 7.43. The molecule has 1 aromatic rings. The monoisotopic (exact) mass is 264 g/mol. The summed E-state index contributed by atoms with van der Waals surface area (Å²) in [5.74, 6) is -1.82. The number of carbonyl (C=O) groups excluding carboxylic acids is 3. The first kappa shape index (κ1) is 15.0. The van der Waals surface area contributed by atoms with E-state index in [1.165, 1.54) is 12.1 Å². The van der Waals surface area contributed by atoms with Crippen LogP contribution in [0.25, 0.3) is 0 Å². The largest absolute Gasteiger partial charge is 0.463 e. The highest BCUT2D eigenvalue weighted by Gasteiger charge is 2.27. The van der Waals surface area contributed by atoms with Gasteiger partial charge in [0.25, 0.3) is 0 Å². The van der Waals surface area contributed by atoms with E-state index >= 15 is 0 Å². The smallest absolute Gasteiger partial charge is 0.343 e. The van der Waals surface area contributed by atoms with Crippen LogP contribution in [0.5, 0.6) is 0 Å². The van der Waals surface area contributed by atoms with Gasteiger partial charge in [0.2, 0.25) is 11.9 Å². The molecule has 0 amide bonds. The third-order valence-corrected chi connectivity index (χ3v) is 2.57. The summed E-state index contributed by atoms with van der Waals surface area (Å²) in [6.45, 7) is 2.09. The number of aliphatic hydroxyl groups excluding tert-OH is 1. The molecule has 0 aliphatic carbocycles. The van der Waals surface area contributed by atoms with Crippen LogP contribution in [0.4, 0.5) is 0 Å². The fraction of sp³-hybridized carbons (Fsp3) is 0.357. The summed E-state index contributed by atoms with van der Waals surface area (Å²) in [6, 6.07) is 5.96. The van der Waals surface area contributed by atoms with Crippen molar-refractivity contribution in [3.05, 3.63) is 35.4 Å². The van der Waals surface area contributed by atoms with E-state index in [9.17, 15) is 19.5 Å². The summed E-state index contributed by atoms with van der Waals surface area (Å²) < 4.78 is 4.76. The van der Waals surface area contributed by atoms with Crippen molar-refractivity contribution in [2.75, 3.05) is 6.61 Å². The van der Waals surface area contributed by atoms with Crippen molar-refractivity contribution in [3.63, 3.8) is 0 Å². The highest BCUT2D eigenvalue weighted by Crippen LogP contribution is 2.10. The van der Waals surface area contributed by atoms with Gasteiger partial charge in [0.15, 0.2) is 6.29 Å². The number of hydrogen-bond acceptors (Lipinski definition) is 5. The van der Waals surface area contributed by atoms with Crippen LogP contribution in [0, 0.1) is 0 Å². The number of aliphatic hydroxyl groups is 1. The zero-order chi connectivity index (χ0) is 14.3. The molecule has 102 valence electrons. The van der Waals surface area contributed by atoms with Crippen molar-refractivity contribution in [2.24, 2.45) is 0 Å². The lowest BCUT2D eigenvalue weighted by molar-refractivity contribution is -0.150. The molecule has 0 aromatic heterocycles. The first-order chi connectivity index (χ1) is 9.11. The normalized spacial score (nSPS) is 11.7. The molecular formula is C14H16O5. The Labute approximate surface area is 111 Å². The van der Waals surface area contributed by atoms with E-state index < -0.39 is 17.9 Å². The highest BCUT2D eigenvalue weighted by molar-refractivity contribution is 6.13. The van der Waals surface area contributed by atoms with E-state index in [4.69, 9.17) is 4.74 Å². The van der Waals surface area contributed by atoms with Crippen LogP contribution in [0.15, 0.2) is 24.3 Å². The van der Waals surface area contributed by atoms with Gasteiger partial charge >= 0.3 is 5.97 Å². The van der Waals surface area contributed by atoms with Gasteiger partial charge in [0.1, 0.15) is 0 Å². The maximum absolute atomic E-state index is 11.9. The minimum Gasteiger partial charge on any atom is -0.463 e. The maximum Gasteiger partial charge on any atom is 0.343 e. The average molecular weight is 264 g/mol. The number of unbranched alkanes of at least 4 members (excludes halogenated alkanes) is 1. The molecule has 0 spiro atoms. The molecule has 5 heteroatoms. The number of aldehydes is 1. The zero-order valence-corrected chi connectivity index (χ0v) is 10.7. The summed E-state index contributed by atoms with van der Waals surface area (Å²) in [5.41, 5.74) is 0.144. The topological polar surface area (TPSA) is 80.7 Å². The number of benzene rings is 1. The summed E-state index contributed by atoms with van der Waals surface area (Å²) >= 11 is 0. The second-order valence-electron chi connectivity index (χ2n) is 3.99. The third-order valence-electron chi connectivity index (χ3n) is 2.57. The summed E-state index contributed by atoms with van der Waals surface area (Å²) in [5, 5.41) is 9.62. The Balaban J connectivity index is 2.76. The molecule has 0 aliphatic heterocycles. The Hall–Kier alpha value is -2.01. The van der Waals surface area contributed by atoms with Crippen molar-refractivity contribution in [3.8, 4) is 0 Å². The fourth-order valence-electron chi connectivity index (χ4n) is 1.47. The van der Waals surface area contributed by atoms with E-state index in [1.54, 1.807) is 12.1 Å². The van der Waals surface area contributed by atoms with Gasteiger partial charge in [-0.05, 0) is 6.42 Å². The molecule has 0 radical (unpaired) electrons. The van der Waals surface area contributed by atoms with E-state index in [0.717, 1.165) is 6.42 Å². The minimum atomic E-state index is -1.89. The van der Waals surface area contributed by atoms with Crippen molar-refractivity contribution >= 4 is 18.0 Å². The molecule has 0 fully saturated rings. The Morgan fingerprint density at radius 1 is 1.37 bits per heavy atom. The predicted molar refractivity (Wildman–Crippen MR) is 68.0 cm³/mol. The average Bonchev–Trinajstić information content (AvgIpc) is 2.45. The van der Waals surface area contributed by atoms with Crippen LogP contribution in [0.1, 0.15) is 40.5 Å². The number of esters is 1. The van der Waals surface area contributed by atoms with E-state index in [-0.39, 0.29) is 17.7 Å². The molecule has 5 nitrogen and oxygen atoms in total. The zero-order valence-electron chi connectivity index (χ0n) is 10.7. The van der Waals surface area contributed by atoms with Gasteiger partial charge < -0.3 is 9.84 Å². The molecule has 1 rings (SSSR count). The molecule has 0 bridgehead atoms. The lowest BCUT2D eigenvalue weighted by atomic mass is 10.0. The van der Waals surface area contributed by atoms with Gasteiger partial charge in [-0.2, -0.15) is 0 Å². The van der Waals surface area contributed by atoms with Crippen LogP contribution in [-0.2, 0) is 9.53 Å². The van der Waals surface area contributed by atoms with Crippen LogP contribution in [0.2, 0.25) is 0 Å². The first-order valence-electron chi connectivity index (χ1n) is 6.05. The van der Waals surface area contributed by atoms with Crippen molar-refractivity contribution in [1.82, 2.24) is 0 Å². The minimum absolute atomic E-state index is 0.0115. The van der Waals surface area contributed by atoms with Gasteiger partial charge in [-0.25, -0.2) is 4.79 Å². The lowest BCUT2D eigenvalue weighted by Gasteiger charge is -2.10. The van der Waals surface area contributed by atoms with Crippen molar-refractivity contribution in [2.45, 2.75) is 25.9 Å². The molecule has 1 aromatic carbocycles. The molecule has 1 N–H and O–H groups in total. The number of Topliss-reactive ketones (excluding diaryl/α,β-unsaturated/α-hetero) is 1. The van der Waals surface area contributed by atoms with Crippen LogP contribution >= 0.6 is 0 Å². The lowest BCUT2D eigenvalue weighted by Crippen LogP contribution is -2.32. The van der Waals surface area contributed by atoms with Crippen molar-refractivity contribution < 1.29 is 24.2 Å². The Morgan fingerprint density at radius 2 is 2.05 bits per heavy atom. The Morgan fingerprint density at radius 3 is 2.68 bits per heavy atom. The summed E-state index contributed by atoms with van der Waals surface area (Å²) in [6.07, 6.45) is 0.114. The number of hydrogen-bond donors (Lipinski definition) is 1. The molecule has 0 heterocycles. The SMILES string of the molecule is CCCCOC(=O)C(O)C(=O)c1ccccc1C=O. The molecule has 0 aliphatic rings. The quantitative estimate of drug-likeness (QED) is 0.264. The van der Waals surface area contributed by atoms with Crippen LogP contribution in [0.3, 0.4) is 0 Å². The molecular weight excluding hydrogens is 248 g/mol. The van der Waals surface area contributed by atoms with Crippen LogP contribution in [-0.4, -0.2) is 35.9 Å². The molecule has 0 saturated heterocycles. The molecule has 1 atom stereocenters. The van der Waals surface area contributed by atoms with Gasteiger partial charge in [-0.1, -0.05) is 37.6 Å². The molecule has 0 saturated carbocycles. The summed E-state index contributed by atoms with van der Waals surface area (Å²) in [4.78, 5) is 34.1. The highest BCUT2D eigenvalue weighted by atomic mass is 16.5. The molecule has 19 heavy (non-hydrogen) atoms.